The molecule has 0 aliphatic rings. The van der Waals surface area contributed by atoms with Crippen molar-refractivity contribution in [2.45, 2.75) is 26.4 Å². The zero-order valence-corrected chi connectivity index (χ0v) is 21.1. The van der Waals surface area contributed by atoms with Crippen LogP contribution >= 0.6 is 0 Å². The van der Waals surface area contributed by atoms with Gasteiger partial charge < -0.3 is 18.6 Å². The lowest BCUT2D eigenvalue weighted by molar-refractivity contribution is 0.207. The molecule has 2 heterocycles. The number of hydrogen-bond donors (Lipinski definition) is 0. The second-order valence-electron chi connectivity index (χ2n) is 8.51. The third kappa shape index (κ3) is 4.53. The van der Waals surface area contributed by atoms with E-state index in [0.29, 0.717) is 45.1 Å². The average molecular weight is 498 g/mol. The van der Waals surface area contributed by atoms with Crippen LogP contribution < -0.4 is 19.8 Å². The van der Waals surface area contributed by atoms with Crippen LogP contribution in [0.2, 0.25) is 0 Å². The molecule has 8 heteroatoms. The number of para-hydroxylation sites is 2. The molecule has 0 saturated heterocycles. The summed E-state index contributed by atoms with van der Waals surface area (Å²) in [6, 6.07) is 20.0. The molecule has 0 amide bonds. The minimum atomic E-state index is -0.323. The summed E-state index contributed by atoms with van der Waals surface area (Å²) in [6.07, 6.45) is 2.36. The van der Waals surface area contributed by atoms with Crippen molar-refractivity contribution in [3.05, 3.63) is 82.6 Å². The molecule has 0 N–H and O–H groups in total. The Morgan fingerprint density at radius 1 is 1.00 bits per heavy atom. The second-order valence-corrected chi connectivity index (χ2v) is 8.51. The number of fused-ring (bicyclic) bond motifs is 2. The zero-order valence-electron chi connectivity index (χ0n) is 21.1. The van der Waals surface area contributed by atoms with Crippen LogP contribution in [0.4, 0.5) is 0 Å². The van der Waals surface area contributed by atoms with Crippen molar-refractivity contribution < 1.29 is 18.6 Å². The quantitative estimate of drug-likeness (QED) is 0.249. The van der Waals surface area contributed by atoms with Gasteiger partial charge in [-0.3, -0.25) is 4.79 Å². The van der Waals surface area contributed by atoms with E-state index >= 15 is 0 Å². The number of methoxy groups -OCH3 is 2. The smallest absolute Gasteiger partial charge is 0.282 e. The third-order valence-electron chi connectivity index (χ3n) is 6.15. The summed E-state index contributed by atoms with van der Waals surface area (Å²) >= 11 is 0. The van der Waals surface area contributed by atoms with Crippen molar-refractivity contribution >= 4 is 28.1 Å². The van der Waals surface area contributed by atoms with E-state index < -0.39 is 0 Å². The van der Waals surface area contributed by atoms with Crippen LogP contribution in [-0.4, -0.2) is 36.2 Å². The highest BCUT2D eigenvalue weighted by atomic mass is 16.5. The highest BCUT2D eigenvalue weighted by Crippen LogP contribution is 2.34. The number of benzene rings is 3. The van der Waals surface area contributed by atoms with Gasteiger partial charge in [0.05, 0.1) is 42.8 Å². The van der Waals surface area contributed by atoms with Crippen LogP contribution in [0.25, 0.3) is 33.5 Å². The molecule has 0 aliphatic heterocycles. The molecule has 0 fully saturated rings. The van der Waals surface area contributed by atoms with Gasteiger partial charge in [0, 0.05) is 5.56 Å². The maximum absolute atomic E-state index is 13.6. The molecule has 0 unspecified atom stereocenters. The molecule has 0 radical (unpaired) electrons. The minimum absolute atomic E-state index is 0.0328. The van der Waals surface area contributed by atoms with Gasteiger partial charge >= 0.3 is 0 Å². The molecule has 5 rings (SSSR count). The Balaban J connectivity index is 1.70. The Morgan fingerprint density at radius 2 is 1.76 bits per heavy atom. The molecule has 5 aromatic rings. The highest BCUT2D eigenvalue weighted by molar-refractivity contribution is 5.89. The van der Waals surface area contributed by atoms with Gasteiger partial charge in [-0.15, -0.1) is 0 Å². The fourth-order valence-corrected chi connectivity index (χ4v) is 4.04. The van der Waals surface area contributed by atoms with Crippen molar-refractivity contribution in [2.24, 2.45) is 5.10 Å². The normalized spacial score (nSPS) is 12.3. The maximum Gasteiger partial charge on any atom is 0.282 e. The molecule has 0 bridgehead atoms. The molecule has 8 nitrogen and oxygen atoms in total. The van der Waals surface area contributed by atoms with Crippen molar-refractivity contribution in [3.63, 3.8) is 0 Å². The summed E-state index contributed by atoms with van der Waals surface area (Å²) < 4.78 is 24.5. The first-order valence-electron chi connectivity index (χ1n) is 12.0. The Hall–Kier alpha value is -4.59. The lowest BCUT2D eigenvalue weighted by Crippen LogP contribution is -2.20. The Morgan fingerprint density at radius 3 is 2.54 bits per heavy atom. The summed E-state index contributed by atoms with van der Waals surface area (Å²) in [5.41, 5.74) is 1.50. The topological polar surface area (TPSA) is 88.1 Å². The molecular weight excluding hydrogens is 470 g/mol. The van der Waals surface area contributed by atoms with Crippen molar-refractivity contribution in [2.75, 3.05) is 14.2 Å². The van der Waals surface area contributed by atoms with Gasteiger partial charge in [-0.1, -0.05) is 31.2 Å². The number of aromatic nitrogens is 2. The van der Waals surface area contributed by atoms with Gasteiger partial charge in [-0.25, -0.2) is 4.98 Å². The fraction of sp³-hybridized carbons (Fsp3) is 0.207. The molecule has 3 aromatic carbocycles. The Kier molecular flexibility index (Phi) is 6.64. The molecule has 1 atom stereocenters. The predicted octanol–water partition coefficient (Wildman–Crippen LogP) is 5.89. The first kappa shape index (κ1) is 24.1. The van der Waals surface area contributed by atoms with Crippen molar-refractivity contribution in [3.8, 4) is 28.8 Å². The number of furan rings is 1. The van der Waals surface area contributed by atoms with Crippen LogP contribution in [0, 0.1) is 0 Å². The van der Waals surface area contributed by atoms with Gasteiger partial charge in [0.1, 0.15) is 11.3 Å². The number of hydrogen-bond acceptors (Lipinski definition) is 7. The number of nitrogens with zero attached hydrogens (tertiary/aromatic N) is 3. The van der Waals surface area contributed by atoms with Crippen LogP contribution in [0.1, 0.15) is 25.8 Å². The van der Waals surface area contributed by atoms with E-state index in [-0.39, 0.29) is 17.5 Å². The molecule has 0 spiro atoms. The summed E-state index contributed by atoms with van der Waals surface area (Å²) in [6.45, 7) is 4.03. The SMILES string of the molecule is CC[C@@H](C)Oc1c(C=Nn2c(-c3cc4c(OC)cccc4o3)nc3ccccc3c2=O)cccc1OC. The van der Waals surface area contributed by atoms with E-state index in [1.165, 1.54) is 4.68 Å². The maximum atomic E-state index is 13.6. The monoisotopic (exact) mass is 497 g/mol. The van der Waals surface area contributed by atoms with Crippen molar-refractivity contribution in [1.82, 2.24) is 9.66 Å². The molecule has 0 aliphatic carbocycles. The van der Waals surface area contributed by atoms with Gasteiger partial charge in [0.15, 0.2) is 17.3 Å². The van der Waals surface area contributed by atoms with E-state index in [4.69, 9.17) is 23.6 Å². The van der Waals surface area contributed by atoms with Crippen molar-refractivity contribution in [1.29, 1.82) is 0 Å². The zero-order chi connectivity index (χ0) is 25.9. The third-order valence-corrected chi connectivity index (χ3v) is 6.15. The first-order valence-corrected chi connectivity index (χ1v) is 12.0. The number of ether oxygens (including phenoxy) is 3. The van der Waals surface area contributed by atoms with E-state index in [9.17, 15) is 4.79 Å². The second kappa shape index (κ2) is 10.2. The highest BCUT2D eigenvalue weighted by Gasteiger charge is 2.18. The van der Waals surface area contributed by atoms with Gasteiger partial charge in [-0.2, -0.15) is 9.78 Å². The van der Waals surface area contributed by atoms with Gasteiger partial charge in [-0.05, 0) is 55.8 Å². The largest absolute Gasteiger partial charge is 0.496 e. The summed E-state index contributed by atoms with van der Waals surface area (Å²) in [5.74, 6) is 2.46. The standard InChI is InChI=1S/C29H27N3O5/c1-5-18(2)36-27-19(10-8-15-25(27)35-4)17-30-32-28(31-22-12-7-6-11-20(22)29(32)33)26-16-21-23(34-3)13-9-14-24(21)37-26/h6-18H,5H2,1-4H3/t18-/m1/s1. The number of rotatable bonds is 8. The first-order chi connectivity index (χ1) is 18.0. The average Bonchev–Trinajstić information content (AvgIpc) is 3.37. The molecule has 2 aromatic heterocycles. The summed E-state index contributed by atoms with van der Waals surface area (Å²) in [5, 5.41) is 5.79. The van der Waals surface area contributed by atoms with E-state index in [1.807, 2.05) is 56.3 Å². The lowest BCUT2D eigenvalue weighted by Gasteiger charge is -2.17. The van der Waals surface area contributed by atoms with Crippen LogP contribution in [0.15, 0.2) is 81.0 Å². The van der Waals surface area contributed by atoms with E-state index in [0.717, 1.165) is 11.8 Å². The Labute approximate surface area is 213 Å². The summed E-state index contributed by atoms with van der Waals surface area (Å²) in [4.78, 5) is 18.3. The lowest BCUT2D eigenvalue weighted by atomic mass is 10.2. The molecule has 37 heavy (non-hydrogen) atoms. The van der Waals surface area contributed by atoms with E-state index in [1.54, 1.807) is 44.7 Å². The van der Waals surface area contributed by atoms with Crippen LogP contribution in [0.5, 0.6) is 17.2 Å². The molecular formula is C29H27N3O5. The Bertz CT molecular complexity index is 1670. The van der Waals surface area contributed by atoms with Gasteiger partial charge in [0.2, 0.25) is 5.82 Å². The molecule has 0 saturated carbocycles. The van der Waals surface area contributed by atoms with Gasteiger partial charge in [0.25, 0.3) is 5.56 Å². The minimum Gasteiger partial charge on any atom is -0.496 e. The predicted molar refractivity (Wildman–Crippen MR) is 144 cm³/mol. The van der Waals surface area contributed by atoms with Crippen LogP contribution in [-0.2, 0) is 0 Å². The van der Waals surface area contributed by atoms with E-state index in [2.05, 4.69) is 5.10 Å². The van der Waals surface area contributed by atoms with Crippen LogP contribution in [0.3, 0.4) is 0 Å². The molecule has 188 valence electrons. The summed E-state index contributed by atoms with van der Waals surface area (Å²) in [7, 11) is 3.19. The fourth-order valence-electron chi connectivity index (χ4n) is 4.04.